The van der Waals surface area contributed by atoms with Crippen LogP contribution in [0.5, 0.6) is 11.5 Å². The summed E-state index contributed by atoms with van der Waals surface area (Å²) < 4.78 is 6.01. The van der Waals surface area contributed by atoms with E-state index in [-0.39, 0.29) is 5.41 Å². The second kappa shape index (κ2) is 5.47. The van der Waals surface area contributed by atoms with E-state index in [1.165, 1.54) is 5.56 Å². The number of benzene rings is 3. The van der Waals surface area contributed by atoms with Crippen LogP contribution in [0, 0.1) is 0 Å². The first-order valence-electron chi connectivity index (χ1n) is 8.61. The molecule has 0 saturated carbocycles. The van der Waals surface area contributed by atoms with E-state index >= 15 is 0 Å². The summed E-state index contributed by atoms with van der Waals surface area (Å²) in [6, 6.07) is 23.7. The van der Waals surface area contributed by atoms with Crippen molar-refractivity contribution in [3.8, 4) is 11.5 Å². The molecule has 25 heavy (non-hydrogen) atoms. The van der Waals surface area contributed by atoms with E-state index in [2.05, 4.69) is 32.9 Å². The van der Waals surface area contributed by atoms with Gasteiger partial charge in [-0.1, -0.05) is 81.4 Å². The Hall–Kier alpha value is -2.58. The van der Waals surface area contributed by atoms with Gasteiger partial charge in [-0.2, -0.15) is 0 Å². The lowest BCUT2D eigenvalue weighted by atomic mass is 9.77. The lowest BCUT2D eigenvalue weighted by Gasteiger charge is -2.36. The van der Waals surface area contributed by atoms with Crippen LogP contribution in [0.2, 0.25) is 0 Å². The van der Waals surface area contributed by atoms with E-state index in [9.17, 15) is 5.11 Å². The van der Waals surface area contributed by atoms with E-state index < -0.39 is 5.60 Å². The summed E-state index contributed by atoms with van der Waals surface area (Å²) in [7, 11) is 0. The van der Waals surface area contributed by atoms with E-state index in [1.807, 2.05) is 60.7 Å². The standard InChI is InChI=1S/C23H22O2/c1-22(2,3)16-12-14-17(15-13-16)23(24)18-8-4-6-10-20(18)25-21-11-7-5-9-19(21)23/h4-15,24H,1-3H3. The summed E-state index contributed by atoms with van der Waals surface area (Å²) in [5, 5.41) is 11.9. The molecule has 0 radical (unpaired) electrons. The summed E-state index contributed by atoms with van der Waals surface area (Å²) in [5.74, 6) is 1.40. The van der Waals surface area contributed by atoms with Crippen molar-refractivity contribution in [1.82, 2.24) is 0 Å². The van der Waals surface area contributed by atoms with Crippen molar-refractivity contribution in [3.05, 3.63) is 95.1 Å². The first-order valence-corrected chi connectivity index (χ1v) is 8.61. The Morgan fingerprint density at radius 3 is 1.68 bits per heavy atom. The highest BCUT2D eigenvalue weighted by Crippen LogP contribution is 2.49. The van der Waals surface area contributed by atoms with Gasteiger partial charge in [-0.15, -0.1) is 0 Å². The average Bonchev–Trinajstić information content (AvgIpc) is 2.61. The second-order valence-corrected chi connectivity index (χ2v) is 7.63. The van der Waals surface area contributed by atoms with Crippen LogP contribution >= 0.6 is 0 Å². The Morgan fingerprint density at radius 1 is 0.720 bits per heavy atom. The molecule has 1 heterocycles. The minimum atomic E-state index is -1.22. The fraction of sp³-hybridized carbons (Fsp3) is 0.217. The quantitative estimate of drug-likeness (QED) is 0.649. The van der Waals surface area contributed by atoms with Gasteiger partial charge in [0, 0.05) is 11.1 Å². The maximum absolute atomic E-state index is 11.9. The normalized spacial score (nSPS) is 15.0. The molecule has 2 nitrogen and oxygen atoms in total. The predicted molar refractivity (Wildman–Crippen MR) is 100 cm³/mol. The van der Waals surface area contributed by atoms with Crippen molar-refractivity contribution in [2.75, 3.05) is 0 Å². The van der Waals surface area contributed by atoms with E-state index in [0.717, 1.165) is 16.7 Å². The maximum atomic E-state index is 11.9. The fourth-order valence-electron chi connectivity index (χ4n) is 3.50. The Labute approximate surface area is 148 Å². The molecule has 126 valence electrons. The van der Waals surface area contributed by atoms with Crippen LogP contribution in [0.15, 0.2) is 72.8 Å². The minimum Gasteiger partial charge on any atom is -0.457 e. The molecular weight excluding hydrogens is 308 g/mol. The van der Waals surface area contributed by atoms with Gasteiger partial charge >= 0.3 is 0 Å². The van der Waals surface area contributed by atoms with Gasteiger partial charge < -0.3 is 9.84 Å². The van der Waals surface area contributed by atoms with Gasteiger partial charge in [0.2, 0.25) is 0 Å². The molecule has 0 bridgehead atoms. The molecule has 1 N–H and O–H groups in total. The third-order valence-electron chi connectivity index (χ3n) is 4.94. The van der Waals surface area contributed by atoms with Gasteiger partial charge in [0.25, 0.3) is 0 Å². The zero-order valence-electron chi connectivity index (χ0n) is 14.8. The molecule has 3 aromatic carbocycles. The molecule has 0 aromatic heterocycles. The Balaban J connectivity index is 1.94. The average molecular weight is 330 g/mol. The third kappa shape index (κ3) is 2.45. The highest BCUT2D eigenvalue weighted by Gasteiger charge is 2.41. The van der Waals surface area contributed by atoms with Crippen LogP contribution in [0.3, 0.4) is 0 Å². The Bertz CT molecular complexity index is 872. The lowest BCUT2D eigenvalue weighted by molar-refractivity contribution is 0.112. The number of hydrogen-bond acceptors (Lipinski definition) is 2. The van der Waals surface area contributed by atoms with Crippen molar-refractivity contribution in [2.45, 2.75) is 31.8 Å². The SMILES string of the molecule is CC(C)(C)c1ccc(C2(O)c3ccccc3Oc3ccccc32)cc1. The van der Waals surface area contributed by atoms with Crippen molar-refractivity contribution in [2.24, 2.45) is 0 Å². The zero-order chi connectivity index (χ0) is 17.7. The smallest absolute Gasteiger partial charge is 0.147 e. The van der Waals surface area contributed by atoms with Crippen molar-refractivity contribution >= 4 is 0 Å². The number of rotatable bonds is 1. The van der Waals surface area contributed by atoms with Crippen LogP contribution in [-0.2, 0) is 11.0 Å². The minimum absolute atomic E-state index is 0.0760. The molecule has 4 rings (SSSR count). The topological polar surface area (TPSA) is 29.5 Å². The molecule has 0 amide bonds. The fourth-order valence-corrected chi connectivity index (χ4v) is 3.50. The number of para-hydroxylation sites is 2. The van der Waals surface area contributed by atoms with Crippen LogP contribution in [0.1, 0.15) is 43.0 Å². The number of hydrogen-bond donors (Lipinski definition) is 1. The first-order chi connectivity index (χ1) is 11.9. The molecule has 1 aliphatic heterocycles. The molecule has 1 aliphatic rings. The van der Waals surface area contributed by atoms with E-state index in [4.69, 9.17) is 4.74 Å². The van der Waals surface area contributed by atoms with Gasteiger partial charge in [0.15, 0.2) is 0 Å². The van der Waals surface area contributed by atoms with Crippen molar-refractivity contribution in [3.63, 3.8) is 0 Å². The summed E-state index contributed by atoms with van der Waals surface area (Å²) in [6.07, 6.45) is 0. The lowest BCUT2D eigenvalue weighted by Crippen LogP contribution is -2.32. The first kappa shape index (κ1) is 15.9. The Morgan fingerprint density at radius 2 is 1.20 bits per heavy atom. The molecule has 0 aliphatic carbocycles. The monoisotopic (exact) mass is 330 g/mol. The zero-order valence-corrected chi connectivity index (χ0v) is 14.8. The Kier molecular flexibility index (Phi) is 3.48. The number of fused-ring (bicyclic) bond motifs is 2. The van der Waals surface area contributed by atoms with Crippen molar-refractivity contribution < 1.29 is 9.84 Å². The molecule has 0 atom stereocenters. The molecule has 0 unspecified atom stereocenters. The molecular formula is C23H22O2. The third-order valence-corrected chi connectivity index (χ3v) is 4.94. The van der Waals surface area contributed by atoms with Gasteiger partial charge in [0.1, 0.15) is 17.1 Å². The molecule has 0 spiro atoms. The van der Waals surface area contributed by atoms with Crippen LogP contribution < -0.4 is 4.74 Å². The highest BCUT2D eigenvalue weighted by atomic mass is 16.5. The van der Waals surface area contributed by atoms with E-state index in [0.29, 0.717) is 11.5 Å². The summed E-state index contributed by atoms with van der Waals surface area (Å²) in [4.78, 5) is 0. The van der Waals surface area contributed by atoms with Crippen molar-refractivity contribution in [1.29, 1.82) is 0 Å². The van der Waals surface area contributed by atoms with Gasteiger partial charge in [-0.3, -0.25) is 0 Å². The van der Waals surface area contributed by atoms with Crippen LogP contribution in [0.25, 0.3) is 0 Å². The molecule has 2 heteroatoms. The summed E-state index contributed by atoms with van der Waals surface area (Å²) in [5.41, 5.74) is 2.50. The largest absolute Gasteiger partial charge is 0.457 e. The van der Waals surface area contributed by atoms with Gasteiger partial charge in [-0.05, 0) is 28.7 Å². The molecule has 3 aromatic rings. The van der Waals surface area contributed by atoms with E-state index in [1.54, 1.807) is 0 Å². The molecule has 0 fully saturated rings. The maximum Gasteiger partial charge on any atom is 0.147 e. The van der Waals surface area contributed by atoms with Crippen LogP contribution in [-0.4, -0.2) is 5.11 Å². The highest BCUT2D eigenvalue weighted by molar-refractivity contribution is 5.60. The second-order valence-electron chi connectivity index (χ2n) is 7.63. The summed E-state index contributed by atoms with van der Waals surface area (Å²) >= 11 is 0. The number of aliphatic hydroxyl groups is 1. The van der Waals surface area contributed by atoms with Gasteiger partial charge in [0.05, 0.1) is 0 Å². The number of ether oxygens (including phenoxy) is 1. The van der Waals surface area contributed by atoms with Crippen LogP contribution in [0.4, 0.5) is 0 Å². The predicted octanol–water partition coefficient (Wildman–Crippen LogP) is 5.37. The summed E-state index contributed by atoms with van der Waals surface area (Å²) in [6.45, 7) is 6.57. The van der Waals surface area contributed by atoms with Gasteiger partial charge in [-0.25, -0.2) is 0 Å². The molecule has 0 saturated heterocycles.